The van der Waals surface area contributed by atoms with Gasteiger partial charge in [0.15, 0.2) is 0 Å². The fourth-order valence-electron chi connectivity index (χ4n) is 2.35. The summed E-state index contributed by atoms with van der Waals surface area (Å²) in [6.07, 6.45) is 2.36. The number of carbonyl (C=O) groups is 3. The summed E-state index contributed by atoms with van der Waals surface area (Å²) < 4.78 is 4.91. The predicted molar refractivity (Wildman–Crippen MR) is 87.0 cm³/mol. The highest BCUT2D eigenvalue weighted by atomic mass is 32.2. The second-order valence-electron chi connectivity index (χ2n) is 5.03. The molecule has 1 unspecified atom stereocenters. The second-order valence-corrected chi connectivity index (χ2v) is 6.22. The zero-order chi connectivity index (χ0) is 18.1. The Balaban J connectivity index is 3.00. The van der Waals surface area contributed by atoms with Gasteiger partial charge in [-0.25, -0.2) is 14.5 Å². The van der Waals surface area contributed by atoms with Crippen LogP contribution in [0.2, 0.25) is 0 Å². The van der Waals surface area contributed by atoms with Crippen LogP contribution in [0.4, 0.5) is 4.79 Å². The van der Waals surface area contributed by atoms with Gasteiger partial charge < -0.3 is 9.84 Å². The van der Waals surface area contributed by atoms with Gasteiger partial charge in [-0.3, -0.25) is 9.59 Å². The number of hydrogen-bond acceptors (Lipinski definition) is 7. The first-order valence-electron chi connectivity index (χ1n) is 7.54. The van der Waals surface area contributed by atoms with Gasteiger partial charge in [0.2, 0.25) is 12.0 Å². The normalized spacial score (nSPS) is 16.5. The van der Waals surface area contributed by atoms with Crippen molar-refractivity contribution in [3.05, 3.63) is 11.4 Å². The molecule has 0 aromatic heterocycles. The number of aliphatic carboxylic acids is 1. The molecule has 0 radical (unpaired) electrons. The minimum Gasteiger partial charge on any atom is -0.481 e. The van der Waals surface area contributed by atoms with E-state index in [-0.39, 0.29) is 18.3 Å². The fraction of sp³-hybridized carbons (Fsp3) is 0.600. The molecule has 24 heavy (non-hydrogen) atoms. The average Bonchev–Trinajstić information content (AvgIpc) is 2.87. The summed E-state index contributed by atoms with van der Waals surface area (Å²) in [6, 6.07) is 0. The van der Waals surface area contributed by atoms with Crippen molar-refractivity contribution in [3.8, 4) is 0 Å². The number of rotatable bonds is 8. The third-order valence-electron chi connectivity index (χ3n) is 3.32. The first kappa shape index (κ1) is 19.9. The number of hydrogen-bond donors (Lipinski definition) is 1. The zero-order valence-corrected chi connectivity index (χ0v) is 14.4. The van der Waals surface area contributed by atoms with Gasteiger partial charge in [-0.2, -0.15) is 4.99 Å². The van der Waals surface area contributed by atoms with Crippen LogP contribution in [0.15, 0.2) is 16.4 Å². The molecule has 0 aromatic carbocycles. The van der Waals surface area contributed by atoms with Gasteiger partial charge in [-0.1, -0.05) is 6.42 Å². The highest BCUT2D eigenvalue weighted by Crippen LogP contribution is 2.38. The number of isocyanates is 1. The molecular weight excluding hydrogens is 336 g/mol. The van der Waals surface area contributed by atoms with Gasteiger partial charge in [0.05, 0.1) is 18.0 Å². The Morgan fingerprint density at radius 2 is 2.12 bits per heavy atom. The SMILES string of the molecule is CCOC(=O)N(C(C)=O)C1=C(N=C=O)CSC1CCCCC(=O)O. The summed E-state index contributed by atoms with van der Waals surface area (Å²) >= 11 is 1.44. The molecule has 132 valence electrons. The van der Waals surface area contributed by atoms with Gasteiger partial charge >= 0.3 is 12.1 Å². The van der Waals surface area contributed by atoms with E-state index in [0.717, 1.165) is 4.90 Å². The second kappa shape index (κ2) is 9.89. The summed E-state index contributed by atoms with van der Waals surface area (Å²) in [5, 5.41) is 8.44. The molecule has 0 bridgehead atoms. The zero-order valence-electron chi connectivity index (χ0n) is 13.6. The Morgan fingerprint density at radius 1 is 1.42 bits per heavy atom. The van der Waals surface area contributed by atoms with E-state index in [4.69, 9.17) is 9.84 Å². The first-order chi connectivity index (χ1) is 11.4. The number of carbonyl (C=O) groups excluding carboxylic acids is 3. The van der Waals surface area contributed by atoms with E-state index in [1.807, 2.05) is 0 Å². The van der Waals surface area contributed by atoms with E-state index >= 15 is 0 Å². The number of ether oxygens (including phenoxy) is 1. The maximum atomic E-state index is 12.1. The summed E-state index contributed by atoms with van der Waals surface area (Å²) in [5.74, 6) is -1.02. The Bertz CT molecular complexity index is 583. The van der Waals surface area contributed by atoms with Gasteiger partial charge in [-0.05, 0) is 19.8 Å². The molecular formula is C15H20N2O6S. The number of nitrogens with zero attached hydrogens (tertiary/aromatic N) is 2. The quantitative estimate of drug-likeness (QED) is 0.403. The molecule has 0 aliphatic carbocycles. The lowest BCUT2D eigenvalue weighted by molar-refractivity contribution is -0.137. The fourth-order valence-corrected chi connectivity index (χ4v) is 3.65. The van der Waals surface area contributed by atoms with Gasteiger partial charge in [0, 0.05) is 24.3 Å². The number of carboxylic acid groups (broad SMARTS) is 1. The van der Waals surface area contributed by atoms with Crippen LogP contribution >= 0.6 is 11.8 Å². The standard InChI is InChI=1S/C15H20N2O6S/c1-3-23-15(22)17(10(2)19)14-11(16-9-18)8-24-12(14)6-4-5-7-13(20)21/h12H,3-8H2,1-2H3,(H,20,21). The van der Waals surface area contributed by atoms with Crippen molar-refractivity contribution in [2.24, 2.45) is 4.99 Å². The van der Waals surface area contributed by atoms with E-state index in [9.17, 15) is 19.2 Å². The van der Waals surface area contributed by atoms with Crippen LogP contribution in [-0.4, -0.2) is 51.7 Å². The van der Waals surface area contributed by atoms with Crippen LogP contribution in [0, 0.1) is 0 Å². The Morgan fingerprint density at radius 3 is 2.67 bits per heavy atom. The lowest BCUT2D eigenvalue weighted by Gasteiger charge is -2.24. The lowest BCUT2D eigenvalue weighted by Crippen LogP contribution is -2.38. The van der Waals surface area contributed by atoms with E-state index in [1.54, 1.807) is 6.92 Å². The molecule has 0 aromatic rings. The molecule has 1 rings (SSSR count). The van der Waals surface area contributed by atoms with E-state index in [0.29, 0.717) is 36.4 Å². The van der Waals surface area contributed by atoms with Crippen molar-refractivity contribution >= 4 is 35.8 Å². The van der Waals surface area contributed by atoms with Gasteiger partial charge in [-0.15, -0.1) is 11.8 Å². The molecule has 0 saturated heterocycles. The summed E-state index contributed by atoms with van der Waals surface area (Å²) in [4.78, 5) is 49.7. The largest absolute Gasteiger partial charge is 0.481 e. The van der Waals surface area contributed by atoms with Crippen molar-refractivity contribution in [3.63, 3.8) is 0 Å². The molecule has 1 aliphatic rings. The van der Waals surface area contributed by atoms with Crippen LogP contribution in [0.25, 0.3) is 0 Å². The van der Waals surface area contributed by atoms with Gasteiger partial charge in [0.25, 0.3) is 0 Å². The average molecular weight is 356 g/mol. The predicted octanol–water partition coefficient (Wildman–Crippen LogP) is 2.30. The van der Waals surface area contributed by atoms with Crippen LogP contribution in [-0.2, 0) is 19.1 Å². The highest BCUT2D eigenvalue weighted by Gasteiger charge is 2.36. The number of carboxylic acids is 1. The highest BCUT2D eigenvalue weighted by molar-refractivity contribution is 8.00. The molecule has 0 saturated carbocycles. The number of imide groups is 1. The lowest BCUT2D eigenvalue weighted by atomic mass is 10.1. The molecule has 0 fully saturated rings. The Labute approximate surface area is 143 Å². The third kappa shape index (κ3) is 5.50. The molecule has 1 N–H and O–H groups in total. The minimum atomic E-state index is -0.868. The van der Waals surface area contributed by atoms with E-state index in [2.05, 4.69) is 4.99 Å². The monoisotopic (exact) mass is 356 g/mol. The van der Waals surface area contributed by atoms with Crippen molar-refractivity contribution in [2.75, 3.05) is 12.4 Å². The molecule has 8 nitrogen and oxygen atoms in total. The van der Waals surface area contributed by atoms with Crippen LogP contribution in [0.3, 0.4) is 0 Å². The molecule has 9 heteroatoms. The maximum Gasteiger partial charge on any atom is 0.421 e. The number of unbranched alkanes of at least 4 members (excludes halogenated alkanes) is 1. The van der Waals surface area contributed by atoms with Gasteiger partial charge in [0.1, 0.15) is 0 Å². The number of aliphatic imine (C=N–C) groups is 1. The molecule has 1 heterocycles. The third-order valence-corrected chi connectivity index (χ3v) is 4.62. The molecule has 0 spiro atoms. The first-order valence-corrected chi connectivity index (χ1v) is 8.59. The number of amides is 2. The molecule has 1 aliphatic heterocycles. The van der Waals surface area contributed by atoms with Crippen LogP contribution in [0.1, 0.15) is 39.5 Å². The maximum absolute atomic E-state index is 12.1. The van der Waals surface area contributed by atoms with Crippen molar-refractivity contribution in [1.29, 1.82) is 0 Å². The Hall–Kier alpha value is -2.12. The van der Waals surface area contributed by atoms with Crippen molar-refractivity contribution in [1.82, 2.24) is 4.90 Å². The Kier molecular flexibility index (Phi) is 8.21. The smallest absolute Gasteiger partial charge is 0.421 e. The van der Waals surface area contributed by atoms with Crippen molar-refractivity contribution < 1.29 is 29.0 Å². The van der Waals surface area contributed by atoms with Crippen molar-refractivity contribution in [2.45, 2.75) is 44.8 Å². The summed E-state index contributed by atoms with van der Waals surface area (Å²) in [5.41, 5.74) is 0.658. The summed E-state index contributed by atoms with van der Waals surface area (Å²) in [7, 11) is 0. The van der Waals surface area contributed by atoms with E-state index < -0.39 is 18.0 Å². The van der Waals surface area contributed by atoms with Crippen LogP contribution < -0.4 is 0 Å². The molecule has 2 amide bonds. The topological polar surface area (TPSA) is 113 Å². The molecule has 1 atom stereocenters. The minimum absolute atomic E-state index is 0.0596. The van der Waals surface area contributed by atoms with E-state index in [1.165, 1.54) is 24.8 Å². The van der Waals surface area contributed by atoms with Crippen LogP contribution in [0.5, 0.6) is 0 Å². The summed E-state index contributed by atoms with van der Waals surface area (Å²) in [6.45, 7) is 2.97. The number of thioether (sulfide) groups is 1.